The maximum Gasteiger partial charge on any atom is 0.328 e. The third-order valence-corrected chi connectivity index (χ3v) is 8.82. The Morgan fingerprint density at radius 2 is 1.45 bits per heavy atom. The SMILES string of the molecule is CC(C)[C@H](NC(=O)[C@@H](N)CNC(=O)c1[nH]c(=O)[nH]c(=O)c1F)C(=O)N[C@@H](CC1CCCCC1)C(=O)N[C@@H](Cc1ccccc1)C(=O)N[C@H](CO)C(=O)O. The fraction of sp³-hybridized carbons (Fsp3) is 0.529. The fourth-order valence-corrected chi connectivity index (χ4v) is 5.84. The number of aliphatic hydroxyl groups is 1. The van der Waals surface area contributed by atoms with Crippen LogP contribution in [0.15, 0.2) is 39.9 Å². The zero-order valence-electron chi connectivity index (χ0n) is 29.4. The van der Waals surface area contributed by atoms with Crippen LogP contribution in [0.25, 0.3) is 0 Å². The second-order valence-corrected chi connectivity index (χ2v) is 13.3. The molecule has 1 fully saturated rings. The summed E-state index contributed by atoms with van der Waals surface area (Å²) in [6, 6.07) is 1.81. The second-order valence-electron chi connectivity index (χ2n) is 13.3. The van der Waals surface area contributed by atoms with Crippen molar-refractivity contribution >= 4 is 35.5 Å². The van der Waals surface area contributed by atoms with E-state index < -0.39 is 108 Å². The van der Waals surface area contributed by atoms with Gasteiger partial charge in [-0.05, 0) is 23.8 Å². The van der Waals surface area contributed by atoms with Crippen LogP contribution in [0.2, 0.25) is 0 Å². The Kier molecular flexibility index (Phi) is 15.8. The van der Waals surface area contributed by atoms with Gasteiger partial charge in [-0.15, -0.1) is 0 Å². The highest BCUT2D eigenvalue weighted by atomic mass is 19.1. The number of carbonyl (C=O) groups excluding carboxylic acids is 5. The number of carboxylic acid groups (broad SMARTS) is 1. The van der Waals surface area contributed by atoms with Crippen LogP contribution in [0.1, 0.15) is 68.4 Å². The maximum atomic E-state index is 14.1. The molecule has 1 saturated carbocycles. The smallest absolute Gasteiger partial charge is 0.328 e. The molecule has 3 rings (SSSR count). The first-order valence-electron chi connectivity index (χ1n) is 17.3. The van der Waals surface area contributed by atoms with Gasteiger partial charge in [-0.2, -0.15) is 4.39 Å². The summed E-state index contributed by atoms with van der Waals surface area (Å²) in [5, 5.41) is 31.1. The van der Waals surface area contributed by atoms with Crippen LogP contribution in [0.3, 0.4) is 0 Å². The van der Waals surface area contributed by atoms with Gasteiger partial charge in [-0.1, -0.05) is 76.3 Å². The summed E-state index contributed by atoms with van der Waals surface area (Å²) in [7, 11) is 0. The van der Waals surface area contributed by atoms with Gasteiger partial charge >= 0.3 is 11.7 Å². The number of aromatic amines is 2. The van der Waals surface area contributed by atoms with E-state index in [9.17, 15) is 53.0 Å². The first kappa shape index (κ1) is 42.0. The number of aromatic nitrogens is 2. The number of carboxylic acids is 1. The molecule has 5 amide bonds. The average Bonchev–Trinajstić information content (AvgIpc) is 3.12. The lowest BCUT2D eigenvalue weighted by molar-refractivity contribution is -0.143. The summed E-state index contributed by atoms with van der Waals surface area (Å²) in [6.07, 6.45) is 4.63. The van der Waals surface area contributed by atoms with E-state index >= 15 is 0 Å². The Labute approximate surface area is 303 Å². The fourth-order valence-electron chi connectivity index (χ4n) is 5.84. The van der Waals surface area contributed by atoms with Crippen LogP contribution >= 0.6 is 0 Å². The molecule has 0 unspecified atom stereocenters. The number of nitrogens with one attached hydrogen (secondary N) is 7. The van der Waals surface area contributed by atoms with Crippen LogP contribution in [-0.4, -0.2) is 99.0 Å². The van der Waals surface area contributed by atoms with E-state index in [2.05, 4.69) is 26.6 Å². The lowest BCUT2D eigenvalue weighted by atomic mass is 9.84. The number of H-pyrrole nitrogens is 2. The van der Waals surface area contributed by atoms with E-state index in [1.54, 1.807) is 49.2 Å². The highest BCUT2D eigenvalue weighted by molar-refractivity contribution is 5.96. The van der Waals surface area contributed by atoms with Gasteiger partial charge < -0.3 is 47.5 Å². The molecule has 1 aliphatic carbocycles. The summed E-state index contributed by atoms with van der Waals surface area (Å²) in [5.41, 5.74) is 3.05. The van der Waals surface area contributed by atoms with Crippen molar-refractivity contribution in [3.05, 3.63) is 68.2 Å². The predicted molar refractivity (Wildman–Crippen MR) is 187 cm³/mol. The Morgan fingerprint density at radius 1 is 0.849 bits per heavy atom. The van der Waals surface area contributed by atoms with Crippen molar-refractivity contribution in [3.63, 3.8) is 0 Å². The molecule has 0 saturated heterocycles. The van der Waals surface area contributed by atoms with Crippen molar-refractivity contribution in [2.45, 2.75) is 89.0 Å². The average molecular weight is 747 g/mol. The summed E-state index contributed by atoms with van der Waals surface area (Å²) in [4.78, 5) is 104. The summed E-state index contributed by atoms with van der Waals surface area (Å²) >= 11 is 0. The molecule has 1 aliphatic rings. The third-order valence-electron chi connectivity index (χ3n) is 8.82. The third kappa shape index (κ3) is 12.6. The van der Waals surface area contributed by atoms with Crippen molar-refractivity contribution in [1.82, 2.24) is 36.6 Å². The zero-order chi connectivity index (χ0) is 39.2. The molecule has 53 heavy (non-hydrogen) atoms. The standard InChI is InChI=1S/C34H47FN8O10/c1-17(2)25(41-27(45)20(36)15-37-31(49)26-24(35)30(48)43-34(53)42-26)32(50)39-22(14-19-11-7-4-8-12-19)28(46)38-21(13-18-9-5-3-6-10-18)29(47)40-23(16-44)33(51)52/h3,5-6,9-10,17,19-23,25,44H,4,7-8,11-16,36H2,1-2H3,(H,37,49)(H,38,46)(H,39,50)(H,40,47)(H,41,45)(H,51,52)(H2,42,43,48,53)/t20-,21-,22-,23+,25-/m0/s1. The first-order valence-corrected chi connectivity index (χ1v) is 17.3. The number of aliphatic carboxylic acids is 1. The lowest BCUT2D eigenvalue weighted by Gasteiger charge is -2.30. The summed E-state index contributed by atoms with van der Waals surface area (Å²) in [6.45, 7) is 1.78. The maximum absolute atomic E-state index is 14.1. The van der Waals surface area contributed by atoms with Gasteiger partial charge in [0.2, 0.25) is 29.4 Å². The van der Waals surface area contributed by atoms with Crippen molar-refractivity contribution in [1.29, 1.82) is 0 Å². The van der Waals surface area contributed by atoms with Gasteiger partial charge in [0.25, 0.3) is 11.5 Å². The Bertz CT molecular complexity index is 1730. The van der Waals surface area contributed by atoms with Crippen molar-refractivity contribution < 1.29 is 43.4 Å². The minimum atomic E-state index is -1.63. The first-order chi connectivity index (χ1) is 25.1. The molecule has 0 bridgehead atoms. The van der Waals surface area contributed by atoms with Crippen molar-refractivity contribution in [2.24, 2.45) is 17.6 Å². The van der Waals surface area contributed by atoms with Gasteiger partial charge in [0.15, 0.2) is 0 Å². The van der Waals surface area contributed by atoms with E-state index in [4.69, 9.17) is 5.73 Å². The number of nitrogens with two attached hydrogens (primary N) is 1. The minimum Gasteiger partial charge on any atom is -0.480 e. The molecule has 11 N–H and O–H groups in total. The molecule has 0 radical (unpaired) electrons. The molecule has 1 aromatic heterocycles. The van der Waals surface area contributed by atoms with Crippen LogP contribution in [-0.2, 0) is 30.4 Å². The summed E-state index contributed by atoms with van der Waals surface area (Å²) < 4.78 is 14.1. The van der Waals surface area contributed by atoms with Crippen LogP contribution in [0.4, 0.5) is 4.39 Å². The number of halogens is 1. The van der Waals surface area contributed by atoms with Crippen LogP contribution in [0.5, 0.6) is 0 Å². The Balaban J connectivity index is 1.77. The number of hydrogen-bond acceptors (Lipinski definition) is 10. The molecular weight excluding hydrogens is 699 g/mol. The predicted octanol–water partition coefficient (Wildman–Crippen LogP) is -1.86. The molecule has 18 nitrogen and oxygen atoms in total. The molecule has 1 aromatic carbocycles. The number of aliphatic hydroxyl groups excluding tert-OH is 1. The highest BCUT2D eigenvalue weighted by Crippen LogP contribution is 2.27. The van der Waals surface area contributed by atoms with Gasteiger partial charge in [-0.3, -0.25) is 33.8 Å². The minimum absolute atomic E-state index is 0.0388. The monoisotopic (exact) mass is 746 g/mol. The number of benzene rings is 1. The molecular formula is C34H47FN8O10. The van der Waals surface area contributed by atoms with Crippen molar-refractivity contribution in [3.8, 4) is 0 Å². The number of carbonyl (C=O) groups is 6. The van der Waals surface area contributed by atoms with Gasteiger partial charge in [0, 0.05) is 13.0 Å². The van der Waals surface area contributed by atoms with Gasteiger partial charge in [-0.25, -0.2) is 9.59 Å². The van der Waals surface area contributed by atoms with Crippen molar-refractivity contribution in [2.75, 3.05) is 13.2 Å². The van der Waals surface area contributed by atoms with Gasteiger partial charge in [0.1, 0.15) is 35.9 Å². The van der Waals surface area contributed by atoms with Crippen LogP contribution in [0, 0.1) is 17.7 Å². The molecule has 5 atom stereocenters. The molecule has 2 aromatic rings. The topological polar surface area (TPSA) is 295 Å². The summed E-state index contributed by atoms with van der Waals surface area (Å²) in [5.74, 6) is -7.99. The normalized spacial score (nSPS) is 16.0. The largest absolute Gasteiger partial charge is 0.480 e. The highest BCUT2D eigenvalue weighted by Gasteiger charge is 2.34. The number of amides is 5. The molecule has 19 heteroatoms. The van der Waals surface area contributed by atoms with E-state index in [1.807, 2.05) is 4.98 Å². The van der Waals surface area contributed by atoms with Gasteiger partial charge in [0.05, 0.1) is 6.61 Å². The van der Waals surface area contributed by atoms with E-state index in [0.717, 1.165) is 32.1 Å². The molecule has 1 heterocycles. The zero-order valence-corrected chi connectivity index (χ0v) is 29.4. The molecule has 290 valence electrons. The Hall–Kier alpha value is -5.43. The van der Waals surface area contributed by atoms with Crippen LogP contribution < -0.4 is 43.6 Å². The number of rotatable bonds is 18. The van der Waals surface area contributed by atoms with E-state index in [0.29, 0.717) is 5.56 Å². The Morgan fingerprint density at radius 3 is 2.06 bits per heavy atom. The van der Waals surface area contributed by atoms with E-state index in [-0.39, 0.29) is 18.8 Å². The molecule has 0 aliphatic heterocycles. The number of hydrogen-bond donors (Lipinski definition) is 10. The lowest BCUT2D eigenvalue weighted by Crippen LogP contribution is -2.60. The molecule has 0 spiro atoms. The van der Waals surface area contributed by atoms with E-state index in [1.165, 1.54) is 0 Å². The quantitative estimate of drug-likeness (QED) is 0.0807. The second kappa shape index (κ2) is 20.0.